The van der Waals surface area contributed by atoms with Gasteiger partial charge in [-0.25, -0.2) is 0 Å². The fourth-order valence-electron chi connectivity index (χ4n) is 2.14. The second-order valence-corrected chi connectivity index (χ2v) is 5.86. The van der Waals surface area contributed by atoms with Crippen molar-refractivity contribution in [1.29, 1.82) is 0 Å². The third-order valence-corrected chi connectivity index (χ3v) is 4.38. The van der Waals surface area contributed by atoms with Crippen molar-refractivity contribution in [2.45, 2.75) is 39.3 Å². The van der Waals surface area contributed by atoms with Gasteiger partial charge in [0, 0.05) is 23.2 Å². The molecule has 2 heterocycles. The van der Waals surface area contributed by atoms with Gasteiger partial charge in [-0.15, -0.1) is 12.4 Å². The highest BCUT2D eigenvalue weighted by molar-refractivity contribution is 7.09. The first-order valence-corrected chi connectivity index (χ1v) is 7.06. The zero-order valence-electron chi connectivity index (χ0n) is 11.2. The van der Waals surface area contributed by atoms with Crippen LogP contribution in [0.1, 0.15) is 23.4 Å². The Morgan fingerprint density at radius 3 is 2.79 bits per heavy atom. The topological polar surface area (TPSA) is 63.1 Å². The molecule has 1 unspecified atom stereocenters. The number of carbonyl (C=O) groups excluding carboxylic acids is 1. The third-order valence-electron chi connectivity index (χ3n) is 3.38. The minimum Gasteiger partial charge on any atom is -0.353 e. The largest absolute Gasteiger partial charge is 0.353 e. The molecule has 0 radical (unpaired) electrons. The van der Waals surface area contributed by atoms with E-state index in [0.29, 0.717) is 12.6 Å². The van der Waals surface area contributed by atoms with E-state index in [9.17, 15) is 9.59 Å². The van der Waals surface area contributed by atoms with Gasteiger partial charge in [-0.05, 0) is 33.2 Å². The Morgan fingerprint density at radius 1 is 1.53 bits per heavy atom. The maximum absolute atomic E-state index is 11.8. The second-order valence-electron chi connectivity index (χ2n) is 4.69. The molecule has 5 nitrogen and oxygen atoms in total. The number of halogens is 1. The smallest absolute Gasteiger partial charge is 0.308 e. The van der Waals surface area contributed by atoms with Crippen LogP contribution in [0.4, 0.5) is 0 Å². The van der Waals surface area contributed by atoms with Crippen LogP contribution in [0.3, 0.4) is 0 Å². The average molecular weight is 306 g/mol. The first kappa shape index (κ1) is 16.2. The minimum absolute atomic E-state index is 0. The number of nitrogens with one attached hydrogen (secondary N) is 2. The van der Waals surface area contributed by atoms with Gasteiger partial charge in [0.15, 0.2) is 0 Å². The highest BCUT2D eigenvalue weighted by Gasteiger charge is 2.16. The monoisotopic (exact) mass is 305 g/mol. The van der Waals surface area contributed by atoms with E-state index in [1.54, 1.807) is 0 Å². The molecule has 1 aliphatic heterocycles. The molecule has 2 N–H and O–H groups in total. The van der Waals surface area contributed by atoms with Gasteiger partial charge in [0.2, 0.25) is 5.91 Å². The number of aromatic nitrogens is 1. The molecule has 1 atom stereocenters. The van der Waals surface area contributed by atoms with Crippen LogP contribution in [-0.4, -0.2) is 29.6 Å². The number of carbonyl (C=O) groups is 1. The van der Waals surface area contributed by atoms with Crippen molar-refractivity contribution in [1.82, 2.24) is 15.2 Å². The molecule has 1 fully saturated rings. The molecular formula is C12H20ClN3O2S. The molecule has 1 amide bonds. The van der Waals surface area contributed by atoms with E-state index in [1.165, 1.54) is 22.3 Å². The number of nitrogens with zero attached hydrogens (tertiary/aromatic N) is 1. The standard InChI is InChI=1S/C12H19N3O2S.ClH/c1-8-9(2)18-12(17)15(8)7-11(16)14-6-10-4-3-5-13-10;/h10,13H,3-7H2,1-2H3,(H,14,16);1H. The first-order valence-electron chi connectivity index (χ1n) is 6.25. The first-order chi connectivity index (χ1) is 8.58. The van der Waals surface area contributed by atoms with Crippen LogP contribution in [0.5, 0.6) is 0 Å². The molecule has 0 saturated carbocycles. The molecule has 2 rings (SSSR count). The molecule has 19 heavy (non-hydrogen) atoms. The van der Waals surface area contributed by atoms with E-state index >= 15 is 0 Å². The molecule has 0 bridgehead atoms. The van der Waals surface area contributed by atoms with Gasteiger partial charge in [-0.3, -0.25) is 14.2 Å². The molecule has 1 aromatic heterocycles. The van der Waals surface area contributed by atoms with E-state index in [4.69, 9.17) is 0 Å². The second kappa shape index (κ2) is 7.07. The number of thiazole rings is 1. The maximum atomic E-state index is 11.8. The van der Waals surface area contributed by atoms with Gasteiger partial charge >= 0.3 is 4.87 Å². The van der Waals surface area contributed by atoms with Crippen LogP contribution in [0.15, 0.2) is 4.79 Å². The Morgan fingerprint density at radius 2 is 2.26 bits per heavy atom. The van der Waals surface area contributed by atoms with Crippen LogP contribution in [0.25, 0.3) is 0 Å². The quantitative estimate of drug-likeness (QED) is 0.865. The van der Waals surface area contributed by atoms with Crippen LogP contribution < -0.4 is 15.5 Å². The number of hydrogen-bond donors (Lipinski definition) is 2. The Kier molecular flexibility index (Phi) is 6.03. The summed E-state index contributed by atoms with van der Waals surface area (Å²) in [5.74, 6) is -0.0910. The van der Waals surface area contributed by atoms with Crippen LogP contribution in [0, 0.1) is 13.8 Å². The van der Waals surface area contributed by atoms with Crippen LogP contribution in [-0.2, 0) is 11.3 Å². The summed E-state index contributed by atoms with van der Waals surface area (Å²) in [5.41, 5.74) is 0.888. The van der Waals surface area contributed by atoms with Gasteiger partial charge in [0.25, 0.3) is 0 Å². The molecular weight excluding hydrogens is 286 g/mol. The van der Waals surface area contributed by atoms with Crippen LogP contribution in [0.2, 0.25) is 0 Å². The Bertz CT molecular complexity index is 492. The highest BCUT2D eigenvalue weighted by Crippen LogP contribution is 2.09. The summed E-state index contributed by atoms with van der Waals surface area (Å²) >= 11 is 1.20. The van der Waals surface area contributed by atoms with Crippen molar-refractivity contribution in [2.75, 3.05) is 13.1 Å². The van der Waals surface area contributed by atoms with E-state index in [2.05, 4.69) is 10.6 Å². The highest BCUT2D eigenvalue weighted by atomic mass is 35.5. The van der Waals surface area contributed by atoms with E-state index in [1.807, 2.05) is 13.8 Å². The fraction of sp³-hybridized carbons (Fsp3) is 0.667. The number of rotatable bonds is 4. The minimum atomic E-state index is -0.0910. The van der Waals surface area contributed by atoms with Crippen LogP contribution >= 0.6 is 23.7 Å². The van der Waals surface area contributed by atoms with Crippen molar-refractivity contribution in [3.05, 3.63) is 20.2 Å². The Labute approximate surface area is 122 Å². The Hall–Kier alpha value is -0.850. The summed E-state index contributed by atoms with van der Waals surface area (Å²) in [6.45, 7) is 5.58. The summed E-state index contributed by atoms with van der Waals surface area (Å²) in [4.78, 5) is 24.4. The predicted octanol–water partition coefficient (Wildman–Crippen LogP) is 0.817. The number of aryl methyl sites for hydroxylation is 1. The average Bonchev–Trinajstić information content (AvgIpc) is 2.92. The maximum Gasteiger partial charge on any atom is 0.308 e. The molecule has 0 aromatic carbocycles. The molecule has 108 valence electrons. The number of amides is 1. The fourth-order valence-corrected chi connectivity index (χ4v) is 2.97. The van der Waals surface area contributed by atoms with Gasteiger partial charge in [-0.2, -0.15) is 0 Å². The summed E-state index contributed by atoms with van der Waals surface area (Å²) < 4.78 is 1.54. The zero-order chi connectivity index (χ0) is 13.1. The summed E-state index contributed by atoms with van der Waals surface area (Å²) in [7, 11) is 0. The van der Waals surface area contributed by atoms with Crippen molar-refractivity contribution in [2.24, 2.45) is 0 Å². The van der Waals surface area contributed by atoms with Gasteiger partial charge in [-0.1, -0.05) is 11.3 Å². The van der Waals surface area contributed by atoms with Gasteiger partial charge < -0.3 is 10.6 Å². The van der Waals surface area contributed by atoms with Crippen molar-refractivity contribution in [3.8, 4) is 0 Å². The lowest BCUT2D eigenvalue weighted by Gasteiger charge is -2.12. The molecule has 7 heteroatoms. The van der Waals surface area contributed by atoms with Crippen molar-refractivity contribution < 1.29 is 4.79 Å². The summed E-state index contributed by atoms with van der Waals surface area (Å²) in [6, 6.07) is 0.385. The Balaban J connectivity index is 0.00000180. The molecule has 0 aliphatic carbocycles. The summed E-state index contributed by atoms with van der Waals surface area (Å²) in [6.07, 6.45) is 2.28. The molecule has 1 aliphatic rings. The van der Waals surface area contributed by atoms with E-state index < -0.39 is 0 Å². The number of hydrogen-bond acceptors (Lipinski definition) is 4. The third kappa shape index (κ3) is 4.06. The van der Waals surface area contributed by atoms with Crippen molar-refractivity contribution in [3.63, 3.8) is 0 Å². The predicted molar refractivity (Wildman–Crippen MR) is 79.3 cm³/mol. The van der Waals surface area contributed by atoms with Gasteiger partial charge in [0.05, 0.1) is 0 Å². The SMILES string of the molecule is Cc1sc(=O)n(CC(=O)NCC2CCCN2)c1C.Cl. The normalized spacial score (nSPS) is 18.1. The van der Waals surface area contributed by atoms with E-state index in [-0.39, 0.29) is 29.7 Å². The summed E-state index contributed by atoms with van der Waals surface area (Å²) in [5, 5.41) is 6.20. The van der Waals surface area contributed by atoms with Crippen molar-refractivity contribution >= 4 is 29.7 Å². The lowest BCUT2D eigenvalue weighted by atomic mass is 10.2. The van der Waals surface area contributed by atoms with Gasteiger partial charge in [0.1, 0.15) is 6.54 Å². The molecule has 0 spiro atoms. The molecule has 1 saturated heterocycles. The lowest BCUT2D eigenvalue weighted by Crippen LogP contribution is -2.39. The molecule has 1 aromatic rings. The lowest BCUT2D eigenvalue weighted by molar-refractivity contribution is -0.121. The van der Waals surface area contributed by atoms with E-state index in [0.717, 1.165) is 23.5 Å². The zero-order valence-corrected chi connectivity index (χ0v) is 12.8.